The normalized spacial score (nSPS) is 12.8. The molecule has 1 heterocycles. The number of nitrogens with zero attached hydrogens (tertiary/aromatic N) is 3. The van der Waals surface area contributed by atoms with Gasteiger partial charge < -0.3 is 4.74 Å². The highest BCUT2D eigenvalue weighted by atomic mass is 79.9. The van der Waals surface area contributed by atoms with Gasteiger partial charge in [0.2, 0.25) is 0 Å². The van der Waals surface area contributed by atoms with E-state index in [2.05, 4.69) is 26.0 Å². The third kappa shape index (κ3) is 4.88. The van der Waals surface area contributed by atoms with E-state index in [4.69, 9.17) is 27.9 Å². The van der Waals surface area contributed by atoms with Crippen molar-refractivity contribution in [3.8, 4) is 5.75 Å². The van der Waals surface area contributed by atoms with Gasteiger partial charge in [-0.25, -0.2) is 4.98 Å². The van der Waals surface area contributed by atoms with Crippen LogP contribution in [0.3, 0.4) is 0 Å². The van der Waals surface area contributed by atoms with Crippen LogP contribution in [0.1, 0.15) is 51.4 Å². The fourth-order valence-corrected chi connectivity index (χ4v) is 3.78. The van der Waals surface area contributed by atoms with E-state index in [-0.39, 0.29) is 17.6 Å². The predicted molar refractivity (Wildman–Crippen MR) is 128 cm³/mol. The topological polar surface area (TPSA) is 56.5 Å². The van der Waals surface area contributed by atoms with Crippen LogP contribution >= 0.6 is 39.1 Å². The van der Waals surface area contributed by atoms with Crippen molar-refractivity contribution in [2.24, 2.45) is 5.10 Å². The second-order valence-electron chi connectivity index (χ2n) is 7.30. The summed E-state index contributed by atoms with van der Waals surface area (Å²) in [7, 11) is 0. The van der Waals surface area contributed by atoms with Crippen LogP contribution in [0.5, 0.6) is 5.75 Å². The van der Waals surface area contributed by atoms with Gasteiger partial charge in [0.15, 0.2) is 5.75 Å². The van der Waals surface area contributed by atoms with Crippen LogP contribution in [0.25, 0.3) is 10.9 Å². The highest BCUT2D eigenvalue weighted by Gasteiger charge is 2.15. The SMILES string of the molecule is CC[C@@H](C)Oc1c(Cl)cc(C=Nn2c(C(C)C)nc3ccc(Br)cc3c2=O)cc1Cl. The molecule has 1 aromatic heterocycles. The Morgan fingerprint density at radius 1 is 1.20 bits per heavy atom. The molecule has 0 aliphatic rings. The standard InChI is InChI=1S/C22H22BrCl2N3O2/c1-5-13(4)30-20-17(24)8-14(9-18(20)25)11-26-28-21(12(2)3)27-19-7-6-15(23)10-16(19)22(28)29/h6-13H,5H2,1-4H3/t13-/m1/s1. The first-order valence-corrected chi connectivity index (χ1v) is 11.2. The molecule has 0 aliphatic heterocycles. The van der Waals surface area contributed by atoms with Crippen molar-refractivity contribution in [3.05, 3.63) is 66.6 Å². The van der Waals surface area contributed by atoms with Gasteiger partial charge in [-0.15, -0.1) is 0 Å². The average molecular weight is 511 g/mol. The lowest BCUT2D eigenvalue weighted by atomic mass is 10.2. The van der Waals surface area contributed by atoms with Crippen LogP contribution < -0.4 is 10.3 Å². The molecule has 0 N–H and O–H groups in total. The quantitative estimate of drug-likeness (QED) is 0.349. The average Bonchev–Trinajstić information content (AvgIpc) is 2.69. The number of fused-ring (bicyclic) bond motifs is 1. The summed E-state index contributed by atoms with van der Waals surface area (Å²) in [6, 6.07) is 8.84. The van der Waals surface area contributed by atoms with Crippen molar-refractivity contribution in [2.75, 3.05) is 0 Å². The van der Waals surface area contributed by atoms with E-state index in [1.54, 1.807) is 24.4 Å². The number of halogens is 3. The highest BCUT2D eigenvalue weighted by molar-refractivity contribution is 9.10. The van der Waals surface area contributed by atoms with E-state index in [0.29, 0.717) is 38.1 Å². The molecule has 3 rings (SSSR count). The summed E-state index contributed by atoms with van der Waals surface area (Å²) in [5.74, 6) is 1.02. The summed E-state index contributed by atoms with van der Waals surface area (Å²) in [6.45, 7) is 7.90. The molecule has 30 heavy (non-hydrogen) atoms. The van der Waals surface area contributed by atoms with Crippen molar-refractivity contribution < 1.29 is 4.74 Å². The third-order valence-corrected chi connectivity index (χ3v) is 5.64. The molecule has 0 radical (unpaired) electrons. The molecular formula is C22H22BrCl2N3O2. The number of hydrogen-bond acceptors (Lipinski definition) is 4. The Kier molecular flexibility index (Phi) is 7.22. The van der Waals surface area contributed by atoms with Crippen LogP contribution in [-0.2, 0) is 0 Å². The smallest absolute Gasteiger partial charge is 0.282 e. The van der Waals surface area contributed by atoms with Crippen LogP contribution in [-0.4, -0.2) is 22.0 Å². The van der Waals surface area contributed by atoms with E-state index in [1.165, 1.54) is 4.68 Å². The summed E-state index contributed by atoms with van der Waals surface area (Å²) < 4.78 is 7.92. The first kappa shape index (κ1) is 22.8. The minimum absolute atomic E-state index is 0.00128. The summed E-state index contributed by atoms with van der Waals surface area (Å²) in [4.78, 5) is 17.7. The lowest BCUT2D eigenvalue weighted by molar-refractivity contribution is 0.218. The van der Waals surface area contributed by atoms with Crippen LogP contribution in [0, 0.1) is 0 Å². The maximum atomic E-state index is 13.1. The Hall–Kier alpha value is -1.89. The molecular weight excluding hydrogens is 489 g/mol. The molecule has 0 amide bonds. The number of benzene rings is 2. The van der Waals surface area contributed by atoms with E-state index in [0.717, 1.165) is 10.9 Å². The maximum Gasteiger partial charge on any atom is 0.282 e. The van der Waals surface area contributed by atoms with Crippen molar-refractivity contribution in [3.63, 3.8) is 0 Å². The van der Waals surface area contributed by atoms with Gasteiger partial charge in [-0.3, -0.25) is 4.79 Å². The first-order valence-electron chi connectivity index (χ1n) is 9.63. The van der Waals surface area contributed by atoms with Gasteiger partial charge in [-0.05, 0) is 49.2 Å². The Balaban J connectivity index is 2.06. The molecule has 1 atom stereocenters. The van der Waals surface area contributed by atoms with Crippen LogP contribution in [0.4, 0.5) is 0 Å². The lowest BCUT2D eigenvalue weighted by Gasteiger charge is -2.15. The second kappa shape index (κ2) is 9.50. The number of hydrogen-bond donors (Lipinski definition) is 0. The molecule has 0 saturated heterocycles. The molecule has 0 spiro atoms. The Morgan fingerprint density at radius 2 is 1.87 bits per heavy atom. The molecule has 0 bridgehead atoms. The largest absolute Gasteiger partial charge is 0.488 e. The van der Waals surface area contributed by atoms with Gasteiger partial charge in [0.25, 0.3) is 5.56 Å². The Labute approximate surface area is 193 Å². The molecule has 8 heteroatoms. The van der Waals surface area contributed by atoms with Gasteiger partial charge >= 0.3 is 0 Å². The van der Waals surface area contributed by atoms with Gasteiger partial charge in [0.1, 0.15) is 5.82 Å². The fraction of sp³-hybridized carbons (Fsp3) is 0.318. The first-order chi connectivity index (χ1) is 14.2. The molecule has 158 valence electrons. The van der Waals surface area contributed by atoms with E-state index in [9.17, 15) is 4.79 Å². The highest BCUT2D eigenvalue weighted by Crippen LogP contribution is 2.35. The Bertz CT molecular complexity index is 1150. The van der Waals surface area contributed by atoms with Gasteiger partial charge in [0.05, 0.1) is 33.3 Å². The number of rotatable bonds is 6. The number of aromatic nitrogens is 2. The lowest BCUT2D eigenvalue weighted by Crippen LogP contribution is -2.23. The second-order valence-corrected chi connectivity index (χ2v) is 9.03. The minimum Gasteiger partial charge on any atom is -0.488 e. The van der Waals surface area contributed by atoms with Crippen LogP contribution in [0.15, 0.2) is 44.7 Å². The van der Waals surface area contributed by atoms with Crippen molar-refractivity contribution in [2.45, 2.75) is 46.1 Å². The van der Waals surface area contributed by atoms with Crippen molar-refractivity contribution in [1.29, 1.82) is 0 Å². The zero-order chi connectivity index (χ0) is 22.0. The van der Waals surface area contributed by atoms with Gasteiger partial charge in [-0.2, -0.15) is 9.78 Å². The van der Waals surface area contributed by atoms with E-state index in [1.807, 2.05) is 39.8 Å². The molecule has 2 aromatic carbocycles. The minimum atomic E-state index is -0.241. The van der Waals surface area contributed by atoms with E-state index < -0.39 is 0 Å². The third-order valence-electron chi connectivity index (χ3n) is 4.59. The number of ether oxygens (including phenoxy) is 1. The molecule has 5 nitrogen and oxygen atoms in total. The monoisotopic (exact) mass is 509 g/mol. The van der Waals surface area contributed by atoms with Crippen molar-refractivity contribution >= 4 is 56.2 Å². The molecule has 0 aliphatic carbocycles. The molecule has 3 aromatic rings. The summed E-state index contributed by atoms with van der Waals surface area (Å²) in [6.07, 6.45) is 2.38. The zero-order valence-electron chi connectivity index (χ0n) is 17.1. The molecule has 0 fully saturated rings. The fourth-order valence-electron chi connectivity index (χ4n) is 2.83. The van der Waals surface area contributed by atoms with Crippen LogP contribution in [0.2, 0.25) is 10.0 Å². The van der Waals surface area contributed by atoms with Gasteiger partial charge in [0, 0.05) is 10.4 Å². The zero-order valence-corrected chi connectivity index (χ0v) is 20.2. The summed E-state index contributed by atoms with van der Waals surface area (Å²) in [5, 5.41) is 5.67. The van der Waals surface area contributed by atoms with Crippen molar-refractivity contribution in [1.82, 2.24) is 9.66 Å². The summed E-state index contributed by atoms with van der Waals surface area (Å²) >= 11 is 16.1. The molecule has 0 saturated carbocycles. The molecule has 0 unspecified atom stereocenters. The van der Waals surface area contributed by atoms with Gasteiger partial charge in [-0.1, -0.05) is 59.9 Å². The van der Waals surface area contributed by atoms with E-state index >= 15 is 0 Å². The maximum absolute atomic E-state index is 13.1. The Morgan fingerprint density at radius 3 is 2.47 bits per heavy atom. The summed E-state index contributed by atoms with van der Waals surface area (Å²) in [5.41, 5.74) is 1.04. The predicted octanol–water partition coefficient (Wildman–Crippen LogP) is 6.65.